The van der Waals surface area contributed by atoms with Crippen LogP contribution >= 0.6 is 0 Å². The van der Waals surface area contributed by atoms with Crippen molar-refractivity contribution in [3.05, 3.63) is 24.0 Å². The number of rotatable bonds is 6. The second-order valence-electron chi connectivity index (χ2n) is 3.80. The van der Waals surface area contributed by atoms with E-state index in [2.05, 4.69) is 4.98 Å². The second kappa shape index (κ2) is 6.17. The van der Waals surface area contributed by atoms with Crippen molar-refractivity contribution in [2.45, 2.75) is 6.10 Å². The molecule has 0 spiro atoms. The van der Waals surface area contributed by atoms with Crippen LogP contribution in [-0.2, 0) is 4.74 Å². The Kier molecular flexibility index (Phi) is 4.86. The summed E-state index contributed by atoms with van der Waals surface area (Å²) >= 11 is 0. The van der Waals surface area contributed by atoms with Crippen molar-refractivity contribution in [1.29, 1.82) is 5.41 Å². The first-order valence-corrected chi connectivity index (χ1v) is 5.23. The number of ether oxygens (including phenoxy) is 1. The predicted octanol–water partition coefficient (Wildman–Crippen LogP) is -0.191. The molecule has 94 valence electrons. The van der Waals surface area contributed by atoms with Crippen LogP contribution < -0.4 is 10.6 Å². The van der Waals surface area contributed by atoms with Gasteiger partial charge in [0, 0.05) is 32.6 Å². The normalized spacial score (nSPS) is 12.2. The van der Waals surface area contributed by atoms with E-state index in [1.807, 2.05) is 11.9 Å². The van der Waals surface area contributed by atoms with Gasteiger partial charge in [-0.05, 0) is 12.1 Å². The minimum atomic E-state index is -0.557. The molecule has 0 aliphatic carbocycles. The molecule has 0 saturated carbocycles. The van der Waals surface area contributed by atoms with Gasteiger partial charge in [-0.1, -0.05) is 0 Å². The average molecular weight is 238 g/mol. The van der Waals surface area contributed by atoms with Gasteiger partial charge in [-0.25, -0.2) is 0 Å². The minimum absolute atomic E-state index is 0.0716. The first kappa shape index (κ1) is 13.4. The molecule has 6 heteroatoms. The average Bonchev–Trinajstić information content (AvgIpc) is 2.29. The second-order valence-corrected chi connectivity index (χ2v) is 3.80. The van der Waals surface area contributed by atoms with Gasteiger partial charge >= 0.3 is 0 Å². The number of methoxy groups -OCH3 is 1. The van der Waals surface area contributed by atoms with Crippen LogP contribution in [0.1, 0.15) is 5.69 Å². The third-order valence-electron chi connectivity index (χ3n) is 2.30. The fourth-order valence-corrected chi connectivity index (χ4v) is 1.47. The minimum Gasteiger partial charge on any atom is -0.389 e. The van der Waals surface area contributed by atoms with Crippen molar-refractivity contribution in [3.63, 3.8) is 0 Å². The smallest absolute Gasteiger partial charge is 0.141 e. The van der Waals surface area contributed by atoms with Gasteiger partial charge in [0.05, 0.1) is 12.7 Å². The first-order valence-electron chi connectivity index (χ1n) is 5.23. The molecule has 0 fully saturated rings. The number of anilines is 1. The summed E-state index contributed by atoms with van der Waals surface area (Å²) in [7, 11) is 3.39. The summed E-state index contributed by atoms with van der Waals surface area (Å²) in [6, 6.07) is 3.51. The number of amidine groups is 1. The largest absolute Gasteiger partial charge is 0.389 e. The zero-order valence-electron chi connectivity index (χ0n) is 10.1. The third kappa shape index (κ3) is 4.01. The highest BCUT2D eigenvalue weighted by atomic mass is 16.5. The number of nitrogens with one attached hydrogen (secondary N) is 1. The van der Waals surface area contributed by atoms with Crippen LogP contribution in [0.4, 0.5) is 5.69 Å². The van der Waals surface area contributed by atoms with E-state index < -0.39 is 6.10 Å². The lowest BCUT2D eigenvalue weighted by Gasteiger charge is -2.22. The van der Waals surface area contributed by atoms with Gasteiger partial charge in [0.2, 0.25) is 0 Å². The predicted molar refractivity (Wildman–Crippen MR) is 66.4 cm³/mol. The molecule has 1 unspecified atom stereocenters. The zero-order valence-corrected chi connectivity index (χ0v) is 10.1. The Hall–Kier alpha value is -1.66. The number of hydrogen-bond acceptors (Lipinski definition) is 5. The molecule has 1 heterocycles. The van der Waals surface area contributed by atoms with Gasteiger partial charge in [0.1, 0.15) is 11.5 Å². The highest BCUT2D eigenvalue weighted by molar-refractivity contribution is 5.93. The van der Waals surface area contributed by atoms with Crippen LogP contribution in [0, 0.1) is 5.41 Å². The summed E-state index contributed by atoms with van der Waals surface area (Å²) in [4.78, 5) is 5.83. The molecule has 0 aromatic carbocycles. The van der Waals surface area contributed by atoms with Gasteiger partial charge in [-0.2, -0.15) is 0 Å². The molecule has 0 aliphatic heterocycles. The molecule has 1 rings (SSSR count). The molecule has 1 aromatic rings. The Bertz CT molecular complexity index is 383. The highest BCUT2D eigenvalue weighted by Gasteiger charge is 2.09. The molecule has 17 heavy (non-hydrogen) atoms. The fourth-order valence-electron chi connectivity index (χ4n) is 1.47. The monoisotopic (exact) mass is 238 g/mol. The van der Waals surface area contributed by atoms with Crippen molar-refractivity contribution in [3.8, 4) is 0 Å². The Labute approximate surface area is 101 Å². The standard InChI is InChI=1S/C11H18N4O2/c1-15(6-9(16)7-17-2)8-3-4-14-10(5-8)11(12)13/h3-5,9,16H,6-7H2,1-2H3,(H3,12,13). The van der Waals surface area contributed by atoms with Crippen LogP contribution in [-0.4, -0.2) is 49.3 Å². The SMILES string of the molecule is COCC(O)CN(C)c1ccnc(C(=N)N)c1. The van der Waals surface area contributed by atoms with E-state index in [9.17, 15) is 5.11 Å². The molecule has 1 atom stereocenters. The summed E-state index contributed by atoms with van der Waals surface area (Å²) in [6.45, 7) is 0.726. The Morgan fingerprint density at radius 2 is 2.41 bits per heavy atom. The number of nitrogen functional groups attached to an aromatic ring is 1. The molecular formula is C11H18N4O2. The van der Waals surface area contributed by atoms with E-state index in [4.69, 9.17) is 15.9 Å². The van der Waals surface area contributed by atoms with Crippen molar-refractivity contribution < 1.29 is 9.84 Å². The fraction of sp³-hybridized carbons (Fsp3) is 0.455. The van der Waals surface area contributed by atoms with Gasteiger partial charge in [-0.15, -0.1) is 0 Å². The number of aromatic nitrogens is 1. The van der Waals surface area contributed by atoms with E-state index >= 15 is 0 Å². The maximum Gasteiger partial charge on any atom is 0.141 e. The number of likely N-dealkylation sites (N-methyl/N-ethyl adjacent to an activating group) is 1. The number of hydrogen-bond donors (Lipinski definition) is 3. The lowest BCUT2D eigenvalue weighted by Crippen LogP contribution is -2.32. The number of nitrogens with two attached hydrogens (primary N) is 1. The van der Waals surface area contributed by atoms with Crippen LogP contribution in [0.5, 0.6) is 0 Å². The quantitative estimate of drug-likeness (QED) is 0.471. The summed E-state index contributed by atoms with van der Waals surface area (Å²) < 4.78 is 4.86. The summed E-state index contributed by atoms with van der Waals surface area (Å²) in [5.74, 6) is -0.0716. The van der Waals surface area contributed by atoms with Gasteiger partial charge in [0.25, 0.3) is 0 Å². The third-order valence-corrected chi connectivity index (χ3v) is 2.30. The topological polar surface area (TPSA) is 95.5 Å². The number of aliphatic hydroxyl groups excluding tert-OH is 1. The Balaban J connectivity index is 2.71. The van der Waals surface area contributed by atoms with Crippen molar-refractivity contribution in [1.82, 2.24) is 4.98 Å². The van der Waals surface area contributed by atoms with E-state index in [0.717, 1.165) is 5.69 Å². The van der Waals surface area contributed by atoms with Crippen LogP contribution in [0.15, 0.2) is 18.3 Å². The van der Waals surface area contributed by atoms with E-state index in [-0.39, 0.29) is 12.4 Å². The van der Waals surface area contributed by atoms with Gasteiger partial charge in [-0.3, -0.25) is 10.4 Å². The number of pyridine rings is 1. The van der Waals surface area contributed by atoms with Crippen molar-refractivity contribution in [2.24, 2.45) is 5.73 Å². The summed E-state index contributed by atoms with van der Waals surface area (Å²) in [5.41, 5.74) is 6.64. The molecule has 0 saturated heterocycles. The molecule has 0 radical (unpaired) electrons. The highest BCUT2D eigenvalue weighted by Crippen LogP contribution is 2.12. The zero-order chi connectivity index (χ0) is 12.8. The number of nitrogens with zero attached hydrogens (tertiary/aromatic N) is 2. The summed E-state index contributed by atoms with van der Waals surface area (Å²) in [6.07, 6.45) is 1.03. The van der Waals surface area contributed by atoms with Crippen molar-refractivity contribution in [2.75, 3.05) is 32.2 Å². The van der Waals surface area contributed by atoms with Crippen LogP contribution in [0.25, 0.3) is 0 Å². The van der Waals surface area contributed by atoms with Crippen LogP contribution in [0.3, 0.4) is 0 Å². The maximum absolute atomic E-state index is 9.61. The molecular weight excluding hydrogens is 220 g/mol. The molecule has 0 aliphatic rings. The molecule has 6 nitrogen and oxygen atoms in total. The van der Waals surface area contributed by atoms with Gasteiger partial charge in [0.15, 0.2) is 0 Å². The molecule has 4 N–H and O–H groups in total. The molecule has 0 amide bonds. The molecule has 0 bridgehead atoms. The lowest BCUT2D eigenvalue weighted by atomic mass is 10.2. The van der Waals surface area contributed by atoms with Crippen molar-refractivity contribution >= 4 is 11.5 Å². The Morgan fingerprint density at radius 3 is 3.00 bits per heavy atom. The maximum atomic E-state index is 9.61. The molecule has 1 aromatic heterocycles. The van der Waals surface area contributed by atoms with E-state index in [0.29, 0.717) is 12.2 Å². The number of aliphatic hydroxyl groups is 1. The van der Waals surface area contributed by atoms with E-state index in [1.165, 1.54) is 0 Å². The lowest BCUT2D eigenvalue weighted by molar-refractivity contribution is 0.0695. The first-order chi connectivity index (χ1) is 8.04. The summed E-state index contributed by atoms with van der Waals surface area (Å²) in [5, 5.41) is 16.9. The van der Waals surface area contributed by atoms with Gasteiger partial charge < -0.3 is 20.5 Å². The Morgan fingerprint density at radius 1 is 1.71 bits per heavy atom. The van der Waals surface area contributed by atoms with E-state index in [1.54, 1.807) is 25.4 Å². The van der Waals surface area contributed by atoms with Crippen LogP contribution in [0.2, 0.25) is 0 Å².